The highest BCUT2D eigenvalue weighted by atomic mass is 16.5. The molecule has 1 aliphatic carbocycles. The van der Waals surface area contributed by atoms with Crippen molar-refractivity contribution in [2.75, 3.05) is 20.2 Å². The van der Waals surface area contributed by atoms with Crippen molar-refractivity contribution >= 4 is 5.57 Å². The van der Waals surface area contributed by atoms with E-state index in [1.807, 2.05) is 0 Å². The first-order chi connectivity index (χ1) is 10.3. The van der Waals surface area contributed by atoms with E-state index in [1.54, 1.807) is 7.11 Å². The van der Waals surface area contributed by atoms with Gasteiger partial charge < -0.3 is 14.8 Å². The van der Waals surface area contributed by atoms with E-state index in [9.17, 15) is 0 Å². The Labute approximate surface area is 127 Å². The third-order valence-corrected chi connectivity index (χ3v) is 4.50. The predicted molar refractivity (Wildman–Crippen MR) is 85.6 cm³/mol. The Balaban J connectivity index is 1.60. The number of rotatable bonds is 4. The van der Waals surface area contributed by atoms with Gasteiger partial charge in [0.2, 0.25) is 0 Å². The topological polar surface area (TPSA) is 30.5 Å². The van der Waals surface area contributed by atoms with Crippen molar-refractivity contribution in [3.05, 3.63) is 35.9 Å². The lowest BCUT2D eigenvalue weighted by molar-refractivity contribution is 0.0210. The molecule has 21 heavy (non-hydrogen) atoms. The predicted octanol–water partition coefficient (Wildman–Crippen LogP) is 3.40. The molecule has 2 unspecified atom stereocenters. The molecule has 3 nitrogen and oxygen atoms in total. The van der Waals surface area contributed by atoms with Gasteiger partial charge in [-0.15, -0.1) is 0 Å². The van der Waals surface area contributed by atoms with Crippen LogP contribution in [0.2, 0.25) is 0 Å². The zero-order chi connectivity index (χ0) is 14.5. The lowest BCUT2D eigenvalue weighted by Gasteiger charge is -2.28. The van der Waals surface area contributed by atoms with Gasteiger partial charge in [0, 0.05) is 20.1 Å². The van der Waals surface area contributed by atoms with Gasteiger partial charge in [-0.05, 0) is 55.5 Å². The summed E-state index contributed by atoms with van der Waals surface area (Å²) in [6.45, 7) is 2.05. The SMILES string of the molecule is COC1CCCC(Oc2ccc(C3=CCNCC3)cc2)C1. The van der Waals surface area contributed by atoms with Crippen LogP contribution in [0.1, 0.15) is 37.7 Å². The van der Waals surface area contributed by atoms with E-state index in [0.29, 0.717) is 12.2 Å². The fourth-order valence-electron chi connectivity index (χ4n) is 3.25. The minimum absolute atomic E-state index is 0.299. The second-order valence-electron chi connectivity index (χ2n) is 5.97. The first kappa shape index (κ1) is 14.6. The van der Waals surface area contributed by atoms with Gasteiger partial charge in [-0.3, -0.25) is 0 Å². The first-order valence-corrected chi connectivity index (χ1v) is 8.05. The Morgan fingerprint density at radius 2 is 1.90 bits per heavy atom. The molecule has 3 rings (SSSR count). The number of hydrogen-bond acceptors (Lipinski definition) is 3. The van der Waals surface area contributed by atoms with Gasteiger partial charge in [0.25, 0.3) is 0 Å². The fraction of sp³-hybridized carbons (Fsp3) is 0.556. The molecule has 1 aromatic rings. The maximum Gasteiger partial charge on any atom is 0.119 e. The van der Waals surface area contributed by atoms with Gasteiger partial charge >= 0.3 is 0 Å². The summed E-state index contributed by atoms with van der Waals surface area (Å²) in [5.41, 5.74) is 2.76. The van der Waals surface area contributed by atoms with Crippen molar-refractivity contribution in [1.82, 2.24) is 5.32 Å². The average molecular weight is 287 g/mol. The molecule has 1 saturated carbocycles. The van der Waals surface area contributed by atoms with E-state index in [1.165, 1.54) is 17.6 Å². The molecule has 3 heteroatoms. The molecule has 0 aromatic heterocycles. The Kier molecular flexibility index (Phi) is 4.94. The molecular weight excluding hydrogens is 262 g/mol. The first-order valence-electron chi connectivity index (χ1n) is 8.05. The van der Waals surface area contributed by atoms with Crippen LogP contribution in [0.25, 0.3) is 5.57 Å². The standard InChI is InChI=1S/C18H25NO2/c1-20-17-3-2-4-18(13-17)21-16-7-5-14(6-8-16)15-9-11-19-12-10-15/h5-9,17-19H,2-4,10-13H2,1H3. The van der Waals surface area contributed by atoms with E-state index in [-0.39, 0.29) is 0 Å². The van der Waals surface area contributed by atoms with Crippen LogP contribution in [0.3, 0.4) is 0 Å². The molecule has 1 heterocycles. The second kappa shape index (κ2) is 7.10. The summed E-state index contributed by atoms with van der Waals surface area (Å²) in [6.07, 6.45) is 8.56. The van der Waals surface area contributed by atoms with Gasteiger partial charge in [-0.2, -0.15) is 0 Å². The minimum atomic E-state index is 0.299. The number of methoxy groups -OCH3 is 1. The van der Waals surface area contributed by atoms with Crippen molar-refractivity contribution in [1.29, 1.82) is 0 Å². The van der Waals surface area contributed by atoms with Crippen LogP contribution in [0.15, 0.2) is 30.3 Å². The quantitative estimate of drug-likeness (QED) is 0.920. The molecule has 1 fully saturated rings. The number of hydrogen-bond donors (Lipinski definition) is 1. The van der Waals surface area contributed by atoms with Gasteiger partial charge in [-0.1, -0.05) is 18.2 Å². The van der Waals surface area contributed by atoms with Crippen LogP contribution in [-0.2, 0) is 4.74 Å². The average Bonchev–Trinajstić information content (AvgIpc) is 2.56. The lowest BCUT2D eigenvalue weighted by Crippen LogP contribution is -2.29. The highest BCUT2D eigenvalue weighted by Gasteiger charge is 2.23. The van der Waals surface area contributed by atoms with Gasteiger partial charge in [-0.25, -0.2) is 0 Å². The number of nitrogens with one attached hydrogen (secondary N) is 1. The van der Waals surface area contributed by atoms with Crippen LogP contribution in [0, 0.1) is 0 Å². The molecule has 2 atom stereocenters. The van der Waals surface area contributed by atoms with Crippen LogP contribution in [0.4, 0.5) is 0 Å². The van der Waals surface area contributed by atoms with Crippen LogP contribution in [0.5, 0.6) is 5.75 Å². The highest BCUT2D eigenvalue weighted by molar-refractivity contribution is 5.67. The fourth-order valence-corrected chi connectivity index (χ4v) is 3.25. The Morgan fingerprint density at radius 3 is 2.62 bits per heavy atom. The van der Waals surface area contributed by atoms with E-state index in [0.717, 1.165) is 44.5 Å². The second-order valence-corrected chi connectivity index (χ2v) is 5.97. The van der Waals surface area contributed by atoms with Crippen molar-refractivity contribution in [3.63, 3.8) is 0 Å². The molecule has 0 radical (unpaired) electrons. The molecule has 0 saturated heterocycles. The highest BCUT2D eigenvalue weighted by Crippen LogP contribution is 2.27. The Bertz CT molecular complexity index is 480. The Morgan fingerprint density at radius 1 is 1.10 bits per heavy atom. The molecule has 1 N–H and O–H groups in total. The monoisotopic (exact) mass is 287 g/mol. The van der Waals surface area contributed by atoms with E-state index >= 15 is 0 Å². The van der Waals surface area contributed by atoms with E-state index < -0.39 is 0 Å². The number of benzene rings is 1. The minimum Gasteiger partial charge on any atom is -0.490 e. The molecule has 114 valence electrons. The Hall–Kier alpha value is -1.32. The lowest BCUT2D eigenvalue weighted by atomic mass is 9.95. The molecular formula is C18H25NO2. The zero-order valence-corrected chi connectivity index (χ0v) is 12.8. The van der Waals surface area contributed by atoms with Crippen LogP contribution < -0.4 is 10.1 Å². The van der Waals surface area contributed by atoms with Crippen molar-refractivity contribution in [2.45, 2.75) is 44.3 Å². The molecule has 0 amide bonds. The maximum absolute atomic E-state index is 6.12. The van der Waals surface area contributed by atoms with E-state index in [4.69, 9.17) is 9.47 Å². The van der Waals surface area contributed by atoms with Gasteiger partial charge in [0.15, 0.2) is 0 Å². The molecule has 1 aromatic carbocycles. The molecule has 0 spiro atoms. The zero-order valence-electron chi connectivity index (χ0n) is 12.8. The van der Waals surface area contributed by atoms with Crippen molar-refractivity contribution in [3.8, 4) is 5.75 Å². The third kappa shape index (κ3) is 3.86. The van der Waals surface area contributed by atoms with Gasteiger partial charge in [0.1, 0.15) is 11.9 Å². The third-order valence-electron chi connectivity index (χ3n) is 4.50. The summed E-state index contributed by atoms with van der Waals surface area (Å²) in [6, 6.07) is 8.58. The number of ether oxygens (including phenoxy) is 2. The largest absolute Gasteiger partial charge is 0.490 e. The summed E-state index contributed by atoms with van der Waals surface area (Å²) in [7, 11) is 1.80. The van der Waals surface area contributed by atoms with Crippen LogP contribution >= 0.6 is 0 Å². The summed E-state index contributed by atoms with van der Waals surface area (Å²) >= 11 is 0. The summed E-state index contributed by atoms with van der Waals surface area (Å²) < 4.78 is 11.6. The molecule has 1 aliphatic heterocycles. The normalized spacial score (nSPS) is 26.2. The summed E-state index contributed by atoms with van der Waals surface area (Å²) in [5.74, 6) is 0.982. The summed E-state index contributed by atoms with van der Waals surface area (Å²) in [4.78, 5) is 0. The smallest absolute Gasteiger partial charge is 0.119 e. The summed E-state index contributed by atoms with van der Waals surface area (Å²) in [5, 5.41) is 3.35. The van der Waals surface area contributed by atoms with Crippen molar-refractivity contribution < 1.29 is 9.47 Å². The van der Waals surface area contributed by atoms with Gasteiger partial charge in [0.05, 0.1) is 6.10 Å². The van der Waals surface area contributed by atoms with E-state index in [2.05, 4.69) is 35.7 Å². The molecule has 2 aliphatic rings. The molecule has 0 bridgehead atoms. The van der Waals surface area contributed by atoms with Crippen LogP contribution in [-0.4, -0.2) is 32.4 Å². The maximum atomic E-state index is 6.12. The van der Waals surface area contributed by atoms with Crippen molar-refractivity contribution in [2.24, 2.45) is 0 Å².